The van der Waals surface area contributed by atoms with Gasteiger partial charge in [0.25, 0.3) is 0 Å². The van der Waals surface area contributed by atoms with E-state index in [1.54, 1.807) is 31.2 Å². The fraction of sp³-hybridized carbons (Fsp3) is 0.500. The van der Waals surface area contributed by atoms with Gasteiger partial charge in [-0.25, -0.2) is 13.1 Å². The fourth-order valence-corrected chi connectivity index (χ4v) is 3.08. The van der Waals surface area contributed by atoms with Gasteiger partial charge >= 0.3 is 0 Å². The van der Waals surface area contributed by atoms with Gasteiger partial charge in [-0.05, 0) is 18.9 Å². The Morgan fingerprint density at radius 1 is 1.29 bits per heavy atom. The number of rotatable bonds is 6. The molecule has 1 aromatic rings. The normalized spacial score (nSPS) is 15.5. The van der Waals surface area contributed by atoms with Crippen LogP contribution >= 0.6 is 0 Å². The molecule has 2 N–H and O–H groups in total. The molecule has 0 fully saturated rings. The standard InChI is InChI=1S/C12H19NO3S/c1-3-12(2,10-14)13-17(15,16)9-11-7-5-4-6-8-11/h4-8,13-14H,3,9-10H2,1-2H3. The van der Waals surface area contributed by atoms with Crippen molar-refractivity contribution in [3.05, 3.63) is 35.9 Å². The molecule has 0 spiro atoms. The Kier molecular flexibility index (Phi) is 4.68. The first kappa shape index (κ1) is 14.2. The van der Waals surface area contributed by atoms with Crippen LogP contribution in [0.4, 0.5) is 0 Å². The lowest BCUT2D eigenvalue weighted by atomic mass is 10.0. The maximum atomic E-state index is 11.9. The molecular weight excluding hydrogens is 238 g/mol. The number of sulfonamides is 1. The largest absolute Gasteiger partial charge is 0.394 e. The van der Waals surface area contributed by atoms with E-state index in [9.17, 15) is 13.5 Å². The summed E-state index contributed by atoms with van der Waals surface area (Å²) in [4.78, 5) is 0. The Hall–Kier alpha value is -0.910. The van der Waals surface area contributed by atoms with Crippen LogP contribution < -0.4 is 4.72 Å². The third-order valence-corrected chi connectivity index (χ3v) is 4.25. The van der Waals surface area contributed by atoms with Gasteiger partial charge in [-0.2, -0.15) is 0 Å². The van der Waals surface area contributed by atoms with Crippen molar-refractivity contribution in [3.8, 4) is 0 Å². The number of aliphatic hydroxyl groups is 1. The molecule has 0 aromatic heterocycles. The lowest BCUT2D eigenvalue weighted by molar-refractivity contribution is 0.191. The van der Waals surface area contributed by atoms with Gasteiger partial charge in [-0.1, -0.05) is 37.3 Å². The highest BCUT2D eigenvalue weighted by molar-refractivity contribution is 7.88. The maximum absolute atomic E-state index is 11.9. The molecule has 0 aliphatic carbocycles. The lowest BCUT2D eigenvalue weighted by Gasteiger charge is -2.26. The van der Waals surface area contributed by atoms with Crippen LogP contribution in [0, 0.1) is 0 Å². The number of aliphatic hydroxyl groups excluding tert-OH is 1. The highest BCUT2D eigenvalue weighted by atomic mass is 32.2. The van der Waals surface area contributed by atoms with Gasteiger partial charge in [0.05, 0.1) is 17.9 Å². The van der Waals surface area contributed by atoms with Crippen molar-refractivity contribution in [1.29, 1.82) is 0 Å². The summed E-state index contributed by atoms with van der Waals surface area (Å²) in [7, 11) is -3.43. The Morgan fingerprint density at radius 2 is 1.88 bits per heavy atom. The van der Waals surface area contributed by atoms with E-state index in [0.717, 1.165) is 5.56 Å². The SMILES string of the molecule is CCC(C)(CO)NS(=O)(=O)Cc1ccccc1. The maximum Gasteiger partial charge on any atom is 0.216 e. The molecule has 1 unspecified atom stereocenters. The molecule has 0 amide bonds. The van der Waals surface area contributed by atoms with Gasteiger partial charge in [-0.3, -0.25) is 0 Å². The molecule has 4 nitrogen and oxygen atoms in total. The monoisotopic (exact) mass is 257 g/mol. The molecule has 0 bridgehead atoms. The number of hydrogen-bond donors (Lipinski definition) is 2. The van der Waals surface area contributed by atoms with Crippen molar-refractivity contribution in [2.45, 2.75) is 31.6 Å². The minimum Gasteiger partial charge on any atom is -0.394 e. The molecule has 0 aliphatic heterocycles. The highest BCUT2D eigenvalue weighted by Crippen LogP contribution is 2.12. The van der Waals surface area contributed by atoms with E-state index in [-0.39, 0.29) is 12.4 Å². The zero-order chi connectivity index (χ0) is 12.9. The van der Waals surface area contributed by atoms with Crippen LogP contribution in [0.3, 0.4) is 0 Å². The van der Waals surface area contributed by atoms with Crippen LogP contribution in [-0.4, -0.2) is 25.7 Å². The molecule has 0 saturated heterocycles. The lowest BCUT2D eigenvalue weighted by Crippen LogP contribution is -2.48. The highest BCUT2D eigenvalue weighted by Gasteiger charge is 2.27. The second-order valence-corrected chi connectivity index (χ2v) is 6.14. The average Bonchev–Trinajstić information content (AvgIpc) is 2.29. The van der Waals surface area contributed by atoms with E-state index >= 15 is 0 Å². The Labute approximate surface area is 103 Å². The summed E-state index contributed by atoms with van der Waals surface area (Å²) in [6, 6.07) is 8.97. The Bertz CT molecular complexity index is 438. The summed E-state index contributed by atoms with van der Waals surface area (Å²) in [6.07, 6.45) is 0.539. The summed E-state index contributed by atoms with van der Waals surface area (Å²) in [5.74, 6) is -0.0660. The summed E-state index contributed by atoms with van der Waals surface area (Å²) in [6.45, 7) is 3.31. The van der Waals surface area contributed by atoms with E-state index in [1.807, 2.05) is 13.0 Å². The van der Waals surface area contributed by atoms with Crippen molar-refractivity contribution in [1.82, 2.24) is 4.72 Å². The molecular formula is C12H19NO3S. The molecule has 5 heteroatoms. The summed E-state index contributed by atoms with van der Waals surface area (Å²) in [5, 5.41) is 9.19. The predicted molar refractivity (Wildman–Crippen MR) is 68.0 cm³/mol. The molecule has 1 atom stereocenters. The van der Waals surface area contributed by atoms with Crippen molar-refractivity contribution in [2.24, 2.45) is 0 Å². The van der Waals surface area contributed by atoms with Crippen LogP contribution in [0.2, 0.25) is 0 Å². The topological polar surface area (TPSA) is 66.4 Å². The third kappa shape index (κ3) is 4.46. The van der Waals surface area contributed by atoms with E-state index in [0.29, 0.717) is 6.42 Å². The van der Waals surface area contributed by atoms with Gasteiger partial charge in [-0.15, -0.1) is 0 Å². The molecule has 0 aliphatic rings. The minimum absolute atomic E-state index is 0.0660. The van der Waals surface area contributed by atoms with Gasteiger partial charge in [0.15, 0.2) is 0 Å². The van der Waals surface area contributed by atoms with Gasteiger partial charge < -0.3 is 5.11 Å². The van der Waals surface area contributed by atoms with Crippen LogP contribution in [0.5, 0.6) is 0 Å². The zero-order valence-electron chi connectivity index (χ0n) is 10.2. The quantitative estimate of drug-likeness (QED) is 0.806. The summed E-state index contributed by atoms with van der Waals surface area (Å²) in [5.41, 5.74) is -0.0513. The molecule has 17 heavy (non-hydrogen) atoms. The first-order valence-corrected chi connectivity index (χ1v) is 7.22. The van der Waals surface area contributed by atoms with E-state index in [4.69, 9.17) is 0 Å². The molecule has 1 rings (SSSR count). The predicted octanol–water partition coefficient (Wildman–Crippen LogP) is 1.27. The zero-order valence-corrected chi connectivity index (χ0v) is 11.0. The van der Waals surface area contributed by atoms with E-state index in [2.05, 4.69) is 4.72 Å². The van der Waals surface area contributed by atoms with Crippen molar-refractivity contribution in [3.63, 3.8) is 0 Å². The van der Waals surface area contributed by atoms with Crippen LogP contribution in [-0.2, 0) is 15.8 Å². The number of nitrogens with one attached hydrogen (secondary N) is 1. The summed E-state index contributed by atoms with van der Waals surface area (Å²) < 4.78 is 26.4. The van der Waals surface area contributed by atoms with Gasteiger partial charge in [0, 0.05) is 0 Å². The minimum atomic E-state index is -3.43. The average molecular weight is 257 g/mol. The Balaban J connectivity index is 2.77. The molecule has 1 aromatic carbocycles. The smallest absolute Gasteiger partial charge is 0.216 e. The number of benzene rings is 1. The van der Waals surface area contributed by atoms with Crippen LogP contribution in [0.25, 0.3) is 0 Å². The summed E-state index contributed by atoms with van der Waals surface area (Å²) >= 11 is 0. The molecule has 0 saturated carbocycles. The second-order valence-electron chi connectivity index (χ2n) is 4.42. The van der Waals surface area contributed by atoms with Gasteiger partial charge in [0.1, 0.15) is 0 Å². The van der Waals surface area contributed by atoms with Crippen LogP contribution in [0.15, 0.2) is 30.3 Å². The van der Waals surface area contributed by atoms with Crippen molar-refractivity contribution < 1.29 is 13.5 Å². The van der Waals surface area contributed by atoms with Crippen molar-refractivity contribution >= 4 is 10.0 Å². The number of hydrogen-bond acceptors (Lipinski definition) is 3. The Morgan fingerprint density at radius 3 is 2.35 bits per heavy atom. The molecule has 96 valence electrons. The first-order chi connectivity index (χ1) is 7.91. The third-order valence-electron chi connectivity index (χ3n) is 2.73. The van der Waals surface area contributed by atoms with Crippen LogP contribution in [0.1, 0.15) is 25.8 Å². The molecule has 0 radical (unpaired) electrons. The fourth-order valence-electron chi connectivity index (χ4n) is 1.42. The van der Waals surface area contributed by atoms with E-state index < -0.39 is 15.6 Å². The van der Waals surface area contributed by atoms with E-state index in [1.165, 1.54) is 0 Å². The van der Waals surface area contributed by atoms with Crippen molar-refractivity contribution in [2.75, 3.05) is 6.61 Å². The molecule has 0 heterocycles. The first-order valence-electron chi connectivity index (χ1n) is 5.57. The van der Waals surface area contributed by atoms with Gasteiger partial charge in [0.2, 0.25) is 10.0 Å². The second kappa shape index (κ2) is 5.62.